The van der Waals surface area contributed by atoms with Crippen molar-refractivity contribution in [2.45, 2.75) is 44.2 Å². The highest BCUT2D eigenvalue weighted by molar-refractivity contribution is 5.60. The SMILES string of the molecule is COCCOc1ncccc1-c1noc([C@H]2CCCN2C2CCC2)n1. The maximum atomic E-state index is 5.68. The number of hydrogen-bond donors (Lipinski definition) is 0. The molecule has 1 saturated heterocycles. The van der Waals surface area contributed by atoms with Gasteiger partial charge in [-0.25, -0.2) is 4.98 Å². The van der Waals surface area contributed by atoms with E-state index in [4.69, 9.17) is 14.0 Å². The summed E-state index contributed by atoms with van der Waals surface area (Å²) in [6, 6.07) is 4.70. The zero-order chi connectivity index (χ0) is 17.1. The van der Waals surface area contributed by atoms with Gasteiger partial charge in [-0.15, -0.1) is 0 Å². The van der Waals surface area contributed by atoms with Crippen LogP contribution in [0.1, 0.15) is 44.0 Å². The molecule has 0 bridgehead atoms. The lowest BCUT2D eigenvalue weighted by atomic mass is 9.91. The maximum Gasteiger partial charge on any atom is 0.244 e. The van der Waals surface area contributed by atoms with Crippen molar-refractivity contribution in [1.82, 2.24) is 20.0 Å². The third-order valence-electron chi connectivity index (χ3n) is 5.10. The van der Waals surface area contributed by atoms with Gasteiger partial charge in [0.1, 0.15) is 6.61 Å². The van der Waals surface area contributed by atoms with E-state index in [1.807, 2.05) is 12.1 Å². The van der Waals surface area contributed by atoms with E-state index in [2.05, 4.69) is 20.0 Å². The highest BCUT2D eigenvalue weighted by Crippen LogP contribution is 2.39. The van der Waals surface area contributed by atoms with Crippen molar-refractivity contribution in [1.29, 1.82) is 0 Å². The van der Waals surface area contributed by atoms with Crippen molar-refractivity contribution in [3.8, 4) is 17.3 Å². The van der Waals surface area contributed by atoms with Gasteiger partial charge in [-0.2, -0.15) is 4.98 Å². The summed E-state index contributed by atoms with van der Waals surface area (Å²) in [6.07, 6.45) is 7.89. The van der Waals surface area contributed by atoms with Crippen LogP contribution in [-0.4, -0.2) is 52.9 Å². The van der Waals surface area contributed by atoms with Crippen LogP contribution in [-0.2, 0) is 4.74 Å². The summed E-state index contributed by atoms with van der Waals surface area (Å²) in [5, 5.41) is 4.19. The number of nitrogens with zero attached hydrogens (tertiary/aromatic N) is 4. The van der Waals surface area contributed by atoms with Gasteiger partial charge in [0.15, 0.2) is 0 Å². The molecule has 25 heavy (non-hydrogen) atoms. The molecule has 0 amide bonds. The van der Waals surface area contributed by atoms with E-state index < -0.39 is 0 Å². The normalized spacial score (nSPS) is 21.4. The summed E-state index contributed by atoms with van der Waals surface area (Å²) in [5.41, 5.74) is 0.752. The van der Waals surface area contributed by atoms with E-state index in [0.29, 0.717) is 36.9 Å². The number of hydrogen-bond acceptors (Lipinski definition) is 7. The Labute approximate surface area is 147 Å². The van der Waals surface area contributed by atoms with E-state index in [1.165, 1.54) is 25.7 Å². The monoisotopic (exact) mass is 344 g/mol. The van der Waals surface area contributed by atoms with Crippen LogP contribution in [0.4, 0.5) is 0 Å². The Bertz CT molecular complexity index is 701. The second-order valence-electron chi connectivity index (χ2n) is 6.63. The first kappa shape index (κ1) is 16.5. The number of likely N-dealkylation sites (tertiary alicyclic amines) is 1. The Morgan fingerprint density at radius 1 is 1.24 bits per heavy atom. The fourth-order valence-corrected chi connectivity index (χ4v) is 3.59. The molecule has 2 aromatic rings. The summed E-state index contributed by atoms with van der Waals surface area (Å²) < 4.78 is 16.3. The highest BCUT2D eigenvalue weighted by atomic mass is 16.5. The van der Waals surface area contributed by atoms with Crippen molar-refractivity contribution >= 4 is 0 Å². The molecule has 0 N–H and O–H groups in total. The maximum absolute atomic E-state index is 5.68. The molecule has 7 heteroatoms. The van der Waals surface area contributed by atoms with Gasteiger partial charge in [0.25, 0.3) is 0 Å². The van der Waals surface area contributed by atoms with E-state index in [9.17, 15) is 0 Å². The number of ether oxygens (including phenoxy) is 2. The number of pyridine rings is 1. The summed E-state index contributed by atoms with van der Waals surface area (Å²) in [4.78, 5) is 11.5. The highest BCUT2D eigenvalue weighted by Gasteiger charge is 2.37. The first-order valence-electron chi connectivity index (χ1n) is 9.03. The first-order chi connectivity index (χ1) is 12.4. The van der Waals surface area contributed by atoms with E-state index in [1.54, 1.807) is 13.3 Å². The number of aromatic nitrogens is 3. The topological polar surface area (TPSA) is 73.5 Å². The second-order valence-corrected chi connectivity index (χ2v) is 6.63. The molecular formula is C18H24N4O3. The fraction of sp³-hybridized carbons (Fsp3) is 0.611. The molecule has 2 aliphatic rings. The molecule has 1 saturated carbocycles. The lowest BCUT2D eigenvalue weighted by Gasteiger charge is -2.37. The van der Waals surface area contributed by atoms with Gasteiger partial charge in [-0.3, -0.25) is 4.90 Å². The van der Waals surface area contributed by atoms with Crippen LogP contribution in [0.5, 0.6) is 5.88 Å². The van der Waals surface area contributed by atoms with Crippen LogP contribution < -0.4 is 4.74 Å². The molecule has 1 atom stereocenters. The molecule has 3 heterocycles. The standard InChI is InChI=1S/C18H24N4O3/c1-23-11-12-24-17-14(7-3-9-19-17)16-20-18(25-21-16)15-8-4-10-22(15)13-5-2-6-13/h3,7,9,13,15H,2,4-6,8,10-12H2,1H3/t15-/m1/s1. The molecule has 134 valence electrons. The van der Waals surface area contributed by atoms with Crippen molar-refractivity contribution in [3.63, 3.8) is 0 Å². The zero-order valence-corrected chi connectivity index (χ0v) is 14.6. The molecule has 0 aromatic carbocycles. The van der Waals surface area contributed by atoms with E-state index in [0.717, 1.165) is 18.5 Å². The minimum Gasteiger partial charge on any atom is -0.475 e. The molecule has 0 spiro atoms. The lowest BCUT2D eigenvalue weighted by Crippen LogP contribution is -2.39. The predicted octanol–water partition coefficient (Wildman–Crippen LogP) is 2.85. The number of methoxy groups -OCH3 is 1. The van der Waals surface area contributed by atoms with Crippen molar-refractivity contribution in [2.24, 2.45) is 0 Å². The van der Waals surface area contributed by atoms with E-state index in [-0.39, 0.29) is 6.04 Å². The van der Waals surface area contributed by atoms with Gasteiger partial charge in [-0.1, -0.05) is 11.6 Å². The quantitative estimate of drug-likeness (QED) is 0.715. The van der Waals surface area contributed by atoms with Crippen molar-refractivity contribution in [2.75, 3.05) is 26.9 Å². The Morgan fingerprint density at radius 3 is 2.96 bits per heavy atom. The summed E-state index contributed by atoms with van der Waals surface area (Å²) >= 11 is 0. The smallest absolute Gasteiger partial charge is 0.244 e. The van der Waals surface area contributed by atoms with Gasteiger partial charge >= 0.3 is 0 Å². The van der Waals surface area contributed by atoms with Crippen LogP contribution in [0.25, 0.3) is 11.4 Å². The van der Waals surface area contributed by atoms with Crippen LogP contribution in [0.15, 0.2) is 22.9 Å². The second kappa shape index (κ2) is 7.49. The zero-order valence-electron chi connectivity index (χ0n) is 14.6. The predicted molar refractivity (Wildman–Crippen MR) is 91.2 cm³/mol. The minimum atomic E-state index is 0.251. The average Bonchev–Trinajstić information content (AvgIpc) is 3.23. The van der Waals surface area contributed by atoms with Crippen LogP contribution in [0, 0.1) is 0 Å². The largest absolute Gasteiger partial charge is 0.475 e. The molecule has 1 aliphatic carbocycles. The van der Waals surface area contributed by atoms with Gasteiger partial charge < -0.3 is 14.0 Å². The summed E-state index contributed by atoms with van der Waals surface area (Å²) in [6.45, 7) is 2.07. The number of rotatable bonds is 7. The Morgan fingerprint density at radius 2 is 2.16 bits per heavy atom. The Hall–Kier alpha value is -1.99. The summed E-state index contributed by atoms with van der Waals surface area (Å²) in [7, 11) is 1.64. The van der Waals surface area contributed by atoms with Crippen LogP contribution >= 0.6 is 0 Å². The van der Waals surface area contributed by atoms with Crippen LogP contribution in [0.3, 0.4) is 0 Å². The average molecular weight is 344 g/mol. The third-order valence-corrected chi connectivity index (χ3v) is 5.10. The minimum absolute atomic E-state index is 0.251. The summed E-state index contributed by atoms with van der Waals surface area (Å²) in [5.74, 6) is 1.76. The fourth-order valence-electron chi connectivity index (χ4n) is 3.59. The van der Waals surface area contributed by atoms with Crippen molar-refractivity contribution in [3.05, 3.63) is 24.2 Å². The molecule has 7 nitrogen and oxygen atoms in total. The molecule has 0 radical (unpaired) electrons. The van der Waals surface area contributed by atoms with Gasteiger partial charge in [0.2, 0.25) is 17.6 Å². The van der Waals surface area contributed by atoms with Gasteiger partial charge in [-0.05, 0) is 44.4 Å². The molecule has 0 unspecified atom stereocenters. The molecule has 2 fully saturated rings. The van der Waals surface area contributed by atoms with Crippen LogP contribution in [0.2, 0.25) is 0 Å². The molecule has 1 aliphatic heterocycles. The first-order valence-corrected chi connectivity index (χ1v) is 9.03. The molecule has 2 aromatic heterocycles. The Kier molecular flexibility index (Phi) is 4.94. The van der Waals surface area contributed by atoms with Crippen molar-refractivity contribution < 1.29 is 14.0 Å². The van der Waals surface area contributed by atoms with Gasteiger partial charge in [0.05, 0.1) is 18.2 Å². The molecule has 4 rings (SSSR count). The Balaban J connectivity index is 1.53. The van der Waals surface area contributed by atoms with E-state index >= 15 is 0 Å². The third kappa shape index (κ3) is 3.39. The molecular weight excluding hydrogens is 320 g/mol. The lowest BCUT2D eigenvalue weighted by molar-refractivity contribution is 0.0966. The van der Waals surface area contributed by atoms with Gasteiger partial charge in [0, 0.05) is 19.3 Å².